The average Bonchev–Trinajstić information content (AvgIpc) is 2.62. The van der Waals surface area contributed by atoms with Crippen LogP contribution in [0.4, 0.5) is 13.2 Å². The Morgan fingerprint density at radius 3 is 2.38 bits per heavy atom. The molecule has 0 atom stereocenters. The molecule has 0 radical (unpaired) electrons. The third kappa shape index (κ3) is 5.13. The molecule has 0 fully saturated rings. The Morgan fingerprint density at radius 2 is 1.81 bits per heavy atom. The van der Waals surface area contributed by atoms with Crippen LogP contribution in [-0.2, 0) is 10.4 Å². The zero-order valence-electron chi connectivity index (χ0n) is 13.5. The summed E-state index contributed by atoms with van der Waals surface area (Å²) in [4.78, 5) is 0. The summed E-state index contributed by atoms with van der Waals surface area (Å²) in [6.45, 7) is 1.89. The molecular formula is C18H13ClF3NOS2. The smallest absolute Gasteiger partial charge is 0.412 e. The van der Waals surface area contributed by atoms with Gasteiger partial charge < -0.3 is 4.18 Å². The SMILES string of the molecule is CCSSO/C(=C(\C#N)c1ccc(Cl)cc1)c1ccccc1C(F)(F)F. The molecule has 0 saturated carbocycles. The highest BCUT2D eigenvalue weighted by molar-refractivity contribution is 8.74. The summed E-state index contributed by atoms with van der Waals surface area (Å²) < 4.78 is 45.8. The topological polar surface area (TPSA) is 33.0 Å². The van der Waals surface area contributed by atoms with E-state index in [9.17, 15) is 18.4 Å². The first-order valence-electron chi connectivity index (χ1n) is 7.41. The summed E-state index contributed by atoms with van der Waals surface area (Å²) in [6, 6.07) is 13.3. The van der Waals surface area contributed by atoms with Gasteiger partial charge in [-0.1, -0.05) is 59.7 Å². The highest BCUT2D eigenvalue weighted by atomic mass is 35.5. The quantitative estimate of drug-likeness (QED) is 0.126. The van der Waals surface area contributed by atoms with Gasteiger partial charge in [0.25, 0.3) is 0 Å². The maximum Gasteiger partial charge on any atom is 0.417 e. The zero-order valence-corrected chi connectivity index (χ0v) is 15.9. The van der Waals surface area contributed by atoms with Gasteiger partial charge in [-0.05, 0) is 23.8 Å². The lowest BCUT2D eigenvalue weighted by Gasteiger charge is -2.16. The van der Waals surface area contributed by atoms with Gasteiger partial charge in [-0.15, -0.1) is 0 Å². The third-order valence-electron chi connectivity index (χ3n) is 3.23. The van der Waals surface area contributed by atoms with Crippen LogP contribution in [0.25, 0.3) is 11.3 Å². The van der Waals surface area contributed by atoms with Gasteiger partial charge in [0.05, 0.1) is 5.56 Å². The van der Waals surface area contributed by atoms with Crippen LogP contribution in [0.5, 0.6) is 0 Å². The molecule has 0 aromatic heterocycles. The van der Waals surface area contributed by atoms with E-state index in [0.29, 0.717) is 16.3 Å². The molecule has 2 nitrogen and oxygen atoms in total. The molecule has 0 amide bonds. The van der Waals surface area contributed by atoms with E-state index in [1.807, 2.05) is 13.0 Å². The highest BCUT2D eigenvalue weighted by Gasteiger charge is 2.35. The molecule has 136 valence electrons. The summed E-state index contributed by atoms with van der Waals surface area (Å²) >= 11 is 6.79. The van der Waals surface area contributed by atoms with E-state index in [1.54, 1.807) is 24.3 Å². The fourth-order valence-corrected chi connectivity index (χ4v) is 3.27. The molecule has 26 heavy (non-hydrogen) atoms. The molecule has 0 bridgehead atoms. The number of hydrogen-bond donors (Lipinski definition) is 0. The summed E-state index contributed by atoms with van der Waals surface area (Å²) in [5.74, 6) is 0.565. The summed E-state index contributed by atoms with van der Waals surface area (Å²) in [7, 11) is 1.32. The van der Waals surface area contributed by atoms with E-state index >= 15 is 0 Å². The molecule has 0 N–H and O–H groups in total. The highest BCUT2D eigenvalue weighted by Crippen LogP contribution is 2.41. The predicted molar refractivity (Wildman–Crippen MR) is 102 cm³/mol. The van der Waals surface area contributed by atoms with Crippen molar-refractivity contribution in [3.63, 3.8) is 0 Å². The van der Waals surface area contributed by atoms with Crippen LogP contribution in [0.2, 0.25) is 5.02 Å². The molecule has 2 rings (SSSR count). The molecule has 2 aromatic rings. The van der Waals surface area contributed by atoms with Gasteiger partial charge in [-0.2, -0.15) is 18.4 Å². The summed E-state index contributed by atoms with van der Waals surface area (Å²) in [6.07, 6.45) is -4.58. The zero-order chi connectivity index (χ0) is 19.2. The number of allylic oxidation sites excluding steroid dienone is 1. The van der Waals surface area contributed by atoms with E-state index in [-0.39, 0.29) is 16.9 Å². The number of alkyl halides is 3. The fraction of sp³-hybridized carbons (Fsp3) is 0.167. The Labute approximate surface area is 162 Å². The normalized spacial score (nSPS) is 12.3. The van der Waals surface area contributed by atoms with Gasteiger partial charge in [-0.3, -0.25) is 0 Å². The van der Waals surface area contributed by atoms with Crippen molar-refractivity contribution in [2.45, 2.75) is 13.1 Å². The van der Waals surface area contributed by atoms with Crippen molar-refractivity contribution in [3.05, 3.63) is 70.2 Å². The van der Waals surface area contributed by atoms with Crippen LogP contribution in [0.15, 0.2) is 48.5 Å². The van der Waals surface area contributed by atoms with Crippen LogP contribution in [0.3, 0.4) is 0 Å². The van der Waals surface area contributed by atoms with Crippen molar-refractivity contribution in [2.24, 2.45) is 0 Å². The lowest BCUT2D eigenvalue weighted by Crippen LogP contribution is -2.09. The number of hydrogen-bond acceptors (Lipinski definition) is 4. The second-order valence-electron chi connectivity index (χ2n) is 4.92. The van der Waals surface area contributed by atoms with Gasteiger partial charge in [0.15, 0.2) is 5.76 Å². The monoisotopic (exact) mass is 415 g/mol. The minimum Gasteiger partial charge on any atom is -0.412 e. The van der Waals surface area contributed by atoms with Crippen molar-refractivity contribution >= 4 is 44.8 Å². The van der Waals surface area contributed by atoms with Crippen LogP contribution < -0.4 is 0 Å². The van der Waals surface area contributed by atoms with Gasteiger partial charge in [-0.25, -0.2) is 0 Å². The fourth-order valence-electron chi connectivity index (χ4n) is 2.12. The number of nitrogens with zero attached hydrogens (tertiary/aromatic N) is 1. The minimum absolute atomic E-state index is 0.00238. The van der Waals surface area contributed by atoms with Crippen molar-refractivity contribution in [2.75, 3.05) is 5.75 Å². The largest absolute Gasteiger partial charge is 0.417 e. The molecule has 8 heteroatoms. The van der Waals surface area contributed by atoms with Crippen molar-refractivity contribution in [1.82, 2.24) is 0 Å². The minimum atomic E-state index is -4.58. The van der Waals surface area contributed by atoms with E-state index in [4.69, 9.17) is 15.8 Å². The van der Waals surface area contributed by atoms with E-state index in [2.05, 4.69) is 0 Å². The van der Waals surface area contributed by atoms with E-state index in [0.717, 1.165) is 17.1 Å². The second kappa shape index (κ2) is 9.26. The molecule has 2 aromatic carbocycles. The van der Waals surface area contributed by atoms with Crippen LogP contribution >= 0.6 is 33.5 Å². The summed E-state index contributed by atoms with van der Waals surface area (Å²) in [5, 5.41) is 10.1. The molecule has 0 aliphatic rings. The molecule has 0 unspecified atom stereocenters. The molecule has 0 heterocycles. The van der Waals surface area contributed by atoms with Crippen LogP contribution in [0.1, 0.15) is 23.6 Å². The van der Waals surface area contributed by atoms with Gasteiger partial charge in [0.2, 0.25) is 0 Å². The lowest BCUT2D eigenvalue weighted by atomic mass is 9.98. The maximum absolute atomic E-state index is 13.4. The Hall–Kier alpha value is -1.75. The number of nitriles is 1. The Balaban J connectivity index is 2.67. The Kier molecular flexibility index (Phi) is 7.33. The molecule has 0 spiro atoms. The molecule has 0 saturated heterocycles. The van der Waals surface area contributed by atoms with Crippen molar-refractivity contribution < 1.29 is 17.4 Å². The number of halogens is 4. The first kappa shape index (κ1) is 20.6. The van der Waals surface area contributed by atoms with Gasteiger partial charge >= 0.3 is 6.18 Å². The van der Waals surface area contributed by atoms with Crippen LogP contribution in [0, 0.1) is 11.3 Å². The number of rotatable bonds is 6. The number of benzene rings is 2. The average molecular weight is 416 g/mol. The first-order valence-corrected chi connectivity index (χ1v) is 10.0. The van der Waals surface area contributed by atoms with E-state index in [1.165, 1.54) is 29.0 Å². The summed E-state index contributed by atoms with van der Waals surface area (Å²) in [5.41, 5.74) is -0.622. The molecule has 0 aliphatic carbocycles. The van der Waals surface area contributed by atoms with Crippen molar-refractivity contribution in [3.8, 4) is 6.07 Å². The second-order valence-corrected chi connectivity index (χ2v) is 7.59. The van der Waals surface area contributed by atoms with Gasteiger partial charge in [0.1, 0.15) is 22.7 Å². The van der Waals surface area contributed by atoms with Gasteiger partial charge in [0, 0.05) is 16.3 Å². The standard InChI is InChI=1S/C18H13ClF3NOS2/c1-2-25-26-24-17(14-5-3-4-6-16(14)18(20,21)22)15(11-23)12-7-9-13(19)10-8-12/h3-10H,2H2,1H3/b17-15+. The first-order chi connectivity index (χ1) is 12.4. The Bertz CT molecular complexity index is 830. The van der Waals surface area contributed by atoms with E-state index < -0.39 is 11.7 Å². The maximum atomic E-state index is 13.4. The van der Waals surface area contributed by atoms with Crippen LogP contribution in [-0.4, -0.2) is 5.75 Å². The van der Waals surface area contributed by atoms with Crippen molar-refractivity contribution in [1.29, 1.82) is 5.26 Å². The molecule has 0 aliphatic heterocycles. The predicted octanol–water partition coefficient (Wildman–Crippen LogP) is 7.08. The Morgan fingerprint density at radius 1 is 1.15 bits per heavy atom. The molecular weight excluding hydrogens is 403 g/mol. The third-order valence-corrected chi connectivity index (χ3v) is 5.25. The lowest BCUT2D eigenvalue weighted by molar-refractivity contribution is -0.137.